The first-order valence-corrected chi connectivity index (χ1v) is 5.15. The summed E-state index contributed by atoms with van der Waals surface area (Å²) in [5, 5.41) is 15.4. The minimum Gasteiger partial charge on any atom is -0.384 e. The van der Waals surface area contributed by atoms with Crippen molar-refractivity contribution < 1.29 is 0 Å². The van der Waals surface area contributed by atoms with Crippen LogP contribution in [0, 0.1) is 5.41 Å². The quantitative estimate of drug-likeness (QED) is 0.615. The first-order chi connectivity index (χ1) is 8.20. The largest absolute Gasteiger partial charge is 0.384 e. The van der Waals surface area contributed by atoms with E-state index in [4.69, 9.17) is 11.1 Å². The van der Waals surface area contributed by atoms with Gasteiger partial charge in [-0.15, -0.1) is 5.10 Å². The van der Waals surface area contributed by atoms with E-state index >= 15 is 0 Å². The molecule has 86 valence electrons. The molecule has 0 saturated carbocycles. The maximum absolute atomic E-state index is 7.52. The van der Waals surface area contributed by atoms with Gasteiger partial charge in [-0.3, -0.25) is 5.41 Å². The Balaban J connectivity index is 2.44. The Morgan fingerprint density at radius 2 is 1.94 bits per heavy atom. The molecule has 0 bridgehead atoms. The molecule has 1 aromatic heterocycles. The molecule has 5 nitrogen and oxygen atoms in total. The highest BCUT2D eigenvalue weighted by Crippen LogP contribution is 2.23. The standard InChI is InChI=1S/C12H13N5/c1-17(9-5-3-2-4-6-9)12-10(11(13)14)7-8-15-16-12/h2-8H,1H3,(H3,13,14). The van der Waals surface area contributed by atoms with E-state index in [1.807, 2.05) is 42.3 Å². The topological polar surface area (TPSA) is 78.9 Å². The zero-order chi connectivity index (χ0) is 12.3. The molecule has 0 aliphatic carbocycles. The van der Waals surface area contributed by atoms with E-state index < -0.39 is 0 Å². The highest BCUT2D eigenvalue weighted by atomic mass is 15.2. The van der Waals surface area contributed by atoms with Gasteiger partial charge in [0.15, 0.2) is 5.82 Å². The van der Waals surface area contributed by atoms with E-state index in [1.165, 1.54) is 6.20 Å². The Kier molecular flexibility index (Phi) is 3.00. The monoisotopic (exact) mass is 227 g/mol. The number of hydrogen-bond acceptors (Lipinski definition) is 4. The number of nitrogens with one attached hydrogen (secondary N) is 1. The molecule has 0 spiro atoms. The Morgan fingerprint density at radius 1 is 1.24 bits per heavy atom. The van der Waals surface area contributed by atoms with E-state index in [0.717, 1.165) is 5.69 Å². The molecule has 2 rings (SSSR count). The van der Waals surface area contributed by atoms with Gasteiger partial charge in [-0.2, -0.15) is 5.10 Å². The molecule has 5 heteroatoms. The molecule has 0 fully saturated rings. The lowest BCUT2D eigenvalue weighted by Gasteiger charge is -2.19. The van der Waals surface area contributed by atoms with E-state index in [0.29, 0.717) is 11.4 Å². The van der Waals surface area contributed by atoms with Gasteiger partial charge in [0.1, 0.15) is 5.84 Å². The van der Waals surface area contributed by atoms with E-state index in [1.54, 1.807) is 6.07 Å². The second-order valence-electron chi connectivity index (χ2n) is 3.58. The maximum atomic E-state index is 7.52. The van der Waals surface area contributed by atoms with Crippen LogP contribution in [-0.4, -0.2) is 23.1 Å². The summed E-state index contributed by atoms with van der Waals surface area (Å²) in [7, 11) is 1.87. The summed E-state index contributed by atoms with van der Waals surface area (Å²) in [6.07, 6.45) is 1.53. The maximum Gasteiger partial charge on any atom is 0.166 e. The third-order valence-electron chi connectivity index (χ3n) is 2.45. The number of nitrogens with two attached hydrogens (primary N) is 1. The number of aromatic nitrogens is 2. The Morgan fingerprint density at radius 3 is 2.59 bits per heavy atom. The Bertz CT molecular complexity index is 523. The fraction of sp³-hybridized carbons (Fsp3) is 0.0833. The average molecular weight is 227 g/mol. The normalized spacial score (nSPS) is 9.94. The molecular formula is C12H13N5. The van der Waals surface area contributed by atoms with Gasteiger partial charge in [0.05, 0.1) is 11.8 Å². The van der Waals surface area contributed by atoms with Crippen LogP contribution < -0.4 is 10.6 Å². The van der Waals surface area contributed by atoms with Crippen LogP contribution in [0.25, 0.3) is 0 Å². The molecule has 0 aliphatic heterocycles. The van der Waals surface area contributed by atoms with Crippen LogP contribution >= 0.6 is 0 Å². The van der Waals surface area contributed by atoms with Gasteiger partial charge in [0, 0.05) is 12.7 Å². The molecule has 0 aliphatic rings. The fourth-order valence-electron chi connectivity index (χ4n) is 1.56. The Hall–Kier alpha value is -2.43. The summed E-state index contributed by atoms with van der Waals surface area (Å²) < 4.78 is 0. The van der Waals surface area contributed by atoms with Gasteiger partial charge < -0.3 is 10.6 Å². The molecule has 2 aromatic rings. The Labute approximate surface area is 99.4 Å². The predicted octanol–water partition coefficient (Wildman–Crippen LogP) is 1.53. The molecule has 0 unspecified atom stereocenters. The first kappa shape index (κ1) is 11.1. The van der Waals surface area contributed by atoms with Crippen molar-refractivity contribution in [1.82, 2.24) is 10.2 Å². The third-order valence-corrected chi connectivity index (χ3v) is 2.45. The lowest BCUT2D eigenvalue weighted by molar-refractivity contribution is 0.982. The van der Waals surface area contributed by atoms with Crippen molar-refractivity contribution >= 4 is 17.3 Å². The number of para-hydroxylation sites is 1. The molecule has 0 radical (unpaired) electrons. The summed E-state index contributed by atoms with van der Waals surface area (Å²) >= 11 is 0. The summed E-state index contributed by atoms with van der Waals surface area (Å²) in [5.74, 6) is 0.559. The molecule has 17 heavy (non-hydrogen) atoms. The molecule has 0 amide bonds. The molecule has 0 atom stereocenters. The van der Waals surface area contributed by atoms with Gasteiger partial charge in [-0.05, 0) is 18.2 Å². The highest BCUT2D eigenvalue weighted by Gasteiger charge is 2.12. The van der Waals surface area contributed by atoms with Gasteiger partial charge in [-0.25, -0.2) is 0 Å². The van der Waals surface area contributed by atoms with Gasteiger partial charge in [0.25, 0.3) is 0 Å². The van der Waals surface area contributed by atoms with E-state index in [2.05, 4.69) is 10.2 Å². The van der Waals surface area contributed by atoms with Crippen molar-refractivity contribution in [2.45, 2.75) is 0 Å². The average Bonchev–Trinajstić information content (AvgIpc) is 2.39. The second-order valence-corrected chi connectivity index (χ2v) is 3.58. The number of anilines is 2. The van der Waals surface area contributed by atoms with Crippen molar-refractivity contribution in [3.63, 3.8) is 0 Å². The second kappa shape index (κ2) is 4.61. The van der Waals surface area contributed by atoms with Gasteiger partial charge in [-0.1, -0.05) is 18.2 Å². The number of amidine groups is 1. The molecule has 1 heterocycles. The summed E-state index contributed by atoms with van der Waals surface area (Å²) in [6, 6.07) is 11.4. The van der Waals surface area contributed by atoms with Crippen molar-refractivity contribution in [2.75, 3.05) is 11.9 Å². The van der Waals surface area contributed by atoms with E-state index in [9.17, 15) is 0 Å². The highest BCUT2D eigenvalue weighted by molar-refractivity contribution is 6.00. The minimum atomic E-state index is -0.0160. The van der Waals surface area contributed by atoms with Crippen LogP contribution in [0.4, 0.5) is 11.5 Å². The molecule has 0 saturated heterocycles. The lowest BCUT2D eigenvalue weighted by Crippen LogP contribution is -2.20. The molecule has 3 N–H and O–H groups in total. The molecular weight excluding hydrogens is 214 g/mol. The van der Waals surface area contributed by atoms with Gasteiger partial charge in [0.2, 0.25) is 0 Å². The van der Waals surface area contributed by atoms with Gasteiger partial charge >= 0.3 is 0 Å². The lowest BCUT2D eigenvalue weighted by atomic mass is 10.2. The molecule has 1 aromatic carbocycles. The number of rotatable bonds is 3. The predicted molar refractivity (Wildman–Crippen MR) is 67.6 cm³/mol. The van der Waals surface area contributed by atoms with Crippen molar-refractivity contribution in [3.8, 4) is 0 Å². The number of nitrogens with zero attached hydrogens (tertiary/aromatic N) is 3. The number of benzene rings is 1. The zero-order valence-electron chi connectivity index (χ0n) is 9.46. The van der Waals surface area contributed by atoms with Crippen molar-refractivity contribution in [2.24, 2.45) is 5.73 Å². The minimum absolute atomic E-state index is 0.0160. The fourth-order valence-corrected chi connectivity index (χ4v) is 1.56. The van der Waals surface area contributed by atoms with Crippen molar-refractivity contribution in [1.29, 1.82) is 5.41 Å². The SMILES string of the molecule is CN(c1ccccc1)c1nnccc1C(=N)N. The van der Waals surface area contributed by atoms with Crippen LogP contribution in [-0.2, 0) is 0 Å². The number of hydrogen-bond donors (Lipinski definition) is 2. The van der Waals surface area contributed by atoms with E-state index in [-0.39, 0.29) is 5.84 Å². The summed E-state index contributed by atoms with van der Waals surface area (Å²) in [6.45, 7) is 0. The van der Waals surface area contributed by atoms with Crippen LogP contribution in [0.1, 0.15) is 5.56 Å². The van der Waals surface area contributed by atoms with Crippen LogP contribution in [0.2, 0.25) is 0 Å². The zero-order valence-corrected chi connectivity index (χ0v) is 9.46. The van der Waals surface area contributed by atoms with Crippen LogP contribution in [0.5, 0.6) is 0 Å². The first-order valence-electron chi connectivity index (χ1n) is 5.15. The van der Waals surface area contributed by atoms with Crippen molar-refractivity contribution in [3.05, 3.63) is 48.2 Å². The smallest absolute Gasteiger partial charge is 0.166 e. The summed E-state index contributed by atoms with van der Waals surface area (Å²) in [5.41, 5.74) is 7.06. The van der Waals surface area contributed by atoms with Crippen LogP contribution in [0.15, 0.2) is 42.6 Å². The third kappa shape index (κ3) is 2.23. The number of nitrogen functional groups attached to an aromatic ring is 1. The van der Waals surface area contributed by atoms with Crippen LogP contribution in [0.3, 0.4) is 0 Å². The summed E-state index contributed by atoms with van der Waals surface area (Å²) in [4.78, 5) is 1.85.